The van der Waals surface area contributed by atoms with Gasteiger partial charge < -0.3 is 19.9 Å². The van der Waals surface area contributed by atoms with E-state index in [9.17, 15) is 4.39 Å². The molecule has 0 radical (unpaired) electrons. The van der Waals surface area contributed by atoms with Gasteiger partial charge in [0.25, 0.3) is 0 Å². The molecule has 2 N–H and O–H groups in total. The lowest BCUT2D eigenvalue weighted by molar-refractivity contribution is 0.340. The van der Waals surface area contributed by atoms with Gasteiger partial charge in [0.1, 0.15) is 11.6 Å². The first-order valence-corrected chi connectivity index (χ1v) is 12.3. The molecule has 0 saturated carbocycles. The number of nitrogens with one attached hydrogen (secondary N) is 2. The SMILES string of the molecule is CCOc1ccc(NC(=S)/N=C(/Nc2nc(C)cc(C)n2)N2CCN(c3ccc(F)cc3)CC2)cc1. The number of aliphatic imine (C=N–C) groups is 1. The average Bonchev–Trinajstić information content (AvgIpc) is 2.85. The van der Waals surface area contributed by atoms with E-state index in [4.69, 9.17) is 21.9 Å². The monoisotopic (exact) mass is 507 g/mol. The molecule has 0 aliphatic carbocycles. The first-order chi connectivity index (χ1) is 17.4. The molecule has 10 heteroatoms. The zero-order chi connectivity index (χ0) is 25.5. The van der Waals surface area contributed by atoms with E-state index in [1.54, 1.807) is 12.1 Å². The predicted molar refractivity (Wildman–Crippen MR) is 147 cm³/mol. The van der Waals surface area contributed by atoms with Gasteiger partial charge in [0, 0.05) is 48.9 Å². The van der Waals surface area contributed by atoms with Crippen LogP contribution < -0.4 is 20.3 Å². The number of nitrogens with zero attached hydrogens (tertiary/aromatic N) is 5. The summed E-state index contributed by atoms with van der Waals surface area (Å²) >= 11 is 5.56. The van der Waals surface area contributed by atoms with Gasteiger partial charge in [0.15, 0.2) is 0 Å². The van der Waals surface area contributed by atoms with Gasteiger partial charge in [-0.25, -0.2) is 14.4 Å². The molecule has 1 aliphatic heterocycles. The topological polar surface area (TPSA) is 77.9 Å². The molecule has 1 fully saturated rings. The van der Waals surface area contributed by atoms with Crippen molar-refractivity contribution in [3.63, 3.8) is 0 Å². The van der Waals surface area contributed by atoms with Crippen LogP contribution in [-0.4, -0.2) is 58.7 Å². The molecule has 2 aromatic carbocycles. The summed E-state index contributed by atoms with van der Waals surface area (Å²) < 4.78 is 18.8. The van der Waals surface area contributed by atoms with E-state index in [-0.39, 0.29) is 5.82 Å². The number of aryl methyl sites for hydroxylation is 2. The molecule has 1 aliphatic rings. The summed E-state index contributed by atoms with van der Waals surface area (Å²) in [5, 5.41) is 6.75. The third-order valence-electron chi connectivity index (χ3n) is 5.60. The van der Waals surface area contributed by atoms with E-state index in [0.29, 0.717) is 36.7 Å². The highest BCUT2D eigenvalue weighted by atomic mass is 32.1. The molecule has 2 heterocycles. The van der Waals surface area contributed by atoms with Gasteiger partial charge in [-0.3, -0.25) is 5.32 Å². The average molecular weight is 508 g/mol. The smallest absolute Gasteiger partial charge is 0.229 e. The lowest BCUT2D eigenvalue weighted by atomic mass is 10.2. The number of hydrogen-bond acceptors (Lipinski definition) is 5. The molecule has 0 atom stereocenters. The number of halogens is 1. The fourth-order valence-corrected chi connectivity index (χ4v) is 4.14. The maximum absolute atomic E-state index is 13.3. The lowest BCUT2D eigenvalue weighted by Gasteiger charge is -2.37. The second kappa shape index (κ2) is 11.8. The first-order valence-electron chi connectivity index (χ1n) is 11.9. The third kappa shape index (κ3) is 6.88. The molecular weight excluding hydrogens is 477 g/mol. The predicted octanol–water partition coefficient (Wildman–Crippen LogP) is 4.62. The van der Waals surface area contributed by atoms with Crippen LogP contribution in [0.4, 0.5) is 21.7 Å². The van der Waals surface area contributed by atoms with Crippen molar-refractivity contribution in [1.29, 1.82) is 0 Å². The minimum atomic E-state index is -0.238. The zero-order valence-corrected chi connectivity index (χ0v) is 21.5. The van der Waals surface area contributed by atoms with Crippen molar-refractivity contribution in [1.82, 2.24) is 14.9 Å². The van der Waals surface area contributed by atoms with Crippen LogP contribution in [0.25, 0.3) is 0 Å². The maximum atomic E-state index is 13.3. The zero-order valence-electron chi connectivity index (χ0n) is 20.7. The van der Waals surface area contributed by atoms with E-state index in [0.717, 1.165) is 41.6 Å². The lowest BCUT2D eigenvalue weighted by Crippen LogP contribution is -2.51. The molecule has 1 saturated heterocycles. The van der Waals surface area contributed by atoms with Gasteiger partial charge in [-0.1, -0.05) is 0 Å². The van der Waals surface area contributed by atoms with E-state index in [1.807, 2.05) is 51.1 Å². The number of aromatic nitrogens is 2. The van der Waals surface area contributed by atoms with Gasteiger partial charge in [-0.05, 0) is 87.6 Å². The van der Waals surface area contributed by atoms with Crippen molar-refractivity contribution in [2.75, 3.05) is 48.3 Å². The van der Waals surface area contributed by atoms with Crippen LogP contribution in [-0.2, 0) is 0 Å². The summed E-state index contributed by atoms with van der Waals surface area (Å²) in [4.78, 5) is 18.0. The summed E-state index contributed by atoms with van der Waals surface area (Å²) in [6, 6.07) is 16.1. The Balaban J connectivity index is 1.50. The normalized spacial score (nSPS) is 13.9. The van der Waals surface area contributed by atoms with Crippen LogP contribution in [0.3, 0.4) is 0 Å². The number of rotatable bonds is 5. The molecule has 188 valence electrons. The fourth-order valence-electron chi connectivity index (χ4n) is 3.94. The Morgan fingerprint density at radius 1 is 0.972 bits per heavy atom. The van der Waals surface area contributed by atoms with Crippen LogP contribution in [0, 0.1) is 19.7 Å². The fraction of sp³-hybridized carbons (Fsp3) is 0.308. The highest BCUT2D eigenvalue weighted by Crippen LogP contribution is 2.18. The van der Waals surface area contributed by atoms with Crippen LogP contribution in [0.15, 0.2) is 59.6 Å². The van der Waals surface area contributed by atoms with Crippen LogP contribution >= 0.6 is 12.2 Å². The summed E-state index contributed by atoms with van der Waals surface area (Å²) in [6.07, 6.45) is 0. The highest BCUT2D eigenvalue weighted by Gasteiger charge is 2.22. The van der Waals surface area contributed by atoms with Crippen molar-refractivity contribution in [3.05, 3.63) is 71.8 Å². The maximum Gasteiger partial charge on any atom is 0.229 e. The first kappa shape index (κ1) is 25.3. The van der Waals surface area contributed by atoms with Gasteiger partial charge in [-0.15, -0.1) is 0 Å². The Labute approximate surface area is 216 Å². The Morgan fingerprint density at radius 2 is 1.61 bits per heavy atom. The van der Waals surface area contributed by atoms with E-state index >= 15 is 0 Å². The quantitative estimate of drug-likeness (QED) is 0.294. The molecule has 36 heavy (non-hydrogen) atoms. The molecule has 0 bridgehead atoms. The Morgan fingerprint density at radius 3 is 2.22 bits per heavy atom. The van der Waals surface area contributed by atoms with Crippen LogP contribution in [0.5, 0.6) is 5.75 Å². The summed E-state index contributed by atoms with van der Waals surface area (Å²) in [5.41, 5.74) is 3.53. The highest BCUT2D eigenvalue weighted by molar-refractivity contribution is 7.80. The number of hydrogen-bond donors (Lipinski definition) is 2. The minimum Gasteiger partial charge on any atom is -0.494 e. The number of guanidine groups is 1. The molecule has 0 unspecified atom stereocenters. The molecule has 1 aromatic heterocycles. The van der Waals surface area contributed by atoms with Crippen LogP contribution in [0.1, 0.15) is 18.3 Å². The summed E-state index contributed by atoms with van der Waals surface area (Å²) in [7, 11) is 0. The standard InChI is InChI=1S/C26H30FN7OS/c1-4-35-23-11-7-21(8-12-23)30-26(36)32-25(31-24-28-18(2)17-19(3)29-24)34-15-13-33(14-16-34)22-9-5-20(27)6-10-22/h5-12,17H,4,13-16H2,1-3H3,(H2,28,29,30,31,32,36). The van der Waals surface area contributed by atoms with Crippen molar-refractivity contribution >= 4 is 40.6 Å². The minimum absolute atomic E-state index is 0.238. The van der Waals surface area contributed by atoms with Crippen molar-refractivity contribution in [2.24, 2.45) is 4.99 Å². The molecule has 4 rings (SSSR count). The van der Waals surface area contributed by atoms with E-state index < -0.39 is 0 Å². The number of ether oxygens (including phenoxy) is 1. The molecule has 8 nitrogen and oxygen atoms in total. The number of thiocarbonyl (C=S) groups is 1. The Kier molecular flexibility index (Phi) is 8.27. The molecule has 3 aromatic rings. The number of benzene rings is 2. The molecular formula is C26H30FN7OS. The summed E-state index contributed by atoms with van der Waals surface area (Å²) in [5.74, 6) is 1.60. The molecule has 0 amide bonds. The molecule has 0 spiro atoms. The van der Waals surface area contributed by atoms with E-state index in [1.165, 1.54) is 12.1 Å². The largest absolute Gasteiger partial charge is 0.494 e. The Bertz CT molecular complexity index is 1190. The number of piperazine rings is 1. The second-order valence-corrected chi connectivity index (χ2v) is 8.76. The summed E-state index contributed by atoms with van der Waals surface area (Å²) in [6.45, 7) is 9.30. The Hall–Kier alpha value is -3.79. The van der Waals surface area contributed by atoms with Crippen molar-refractivity contribution < 1.29 is 9.13 Å². The van der Waals surface area contributed by atoms with Gasteiger partial charge in [0.05, 0.1) is 6.61 Å². The van der Waals surface area contributed by atoms with Gasteiger partial charge in [0.2, 0.25) is 17.0 Å². The second-order valence-electron chi connectivity index (χ2n) is 8.37. The van der Waals surface area contributed by atoms with Gasteiger partial charge >= 0.3 is 0 Å². The van der Waals surface area contributed by atoms with Crippen molar-refractivity contribution in [3.8, 4) is 5.75 Å². The van der Waals surface area contributed by atoms with Crippen molar-refractivity contribution in [2.45, 2.75) is 20.8 Å². The van der Waals surface area contributed by atoms with E-state index in [2.05, 4.69) is 30.4 Å². The number of anilines is 3. The third-order valence-corrected chi connectivity index (χ3v) is 5.79. The van der Waals surface area contributed by atoms with Crippen LogP contribution in [0.2, 0.25) is 0 Å². The van der Waals surface area contributed by atoms with Gasteiger partial charge in [-0.2, -0.15) is 4.99 Å².